The number of rotatable bonds is 3. The summed E-state index contributed by atoms with van der Waals surface area (Å²) in [7, 11) is 0. The number of carbonyl (C=O) groups is 2. The summed E-state index contributed by atoms with van der Waals surface area (Å²) in [5.41, 5.74) is 0. The zero-order valence-corrected chi connectivity index (χ0v) is 11.3. The third-order valence-corrected chi connectivity index (χ3v) is 3.81. The number of hydrogen-bond donors (Lipinski definition) is 0. The second-order valence-electron chi connectivity index (χ2n) is 4.15. The molecule has 1 aromatic heterocycles. The first-order chi connectivity index (χ1) is 8.63. The molecule has 1 fully saturated rings. The van der Waals surface area contributed by atoms with Gasteiger partial charge >= 0.3 is 5.97 Å². The molecule has 1 amide bonds. The van der Waals surface area contributed by atoms with Gasteiger partial charge in [-0.2, -0.15) is 0 Å². The normalized spacial score (nSPS) is 19.0. The van der Waals surface area contributed by atoms with Crippen molar-refractivity contribution in [3.8, 4) is 0 Å². The highest BCUT2D eigenvalue weighted by molar-refractivity contribution is 7.13. The van der Waals surface area contributed by atoms with Crippen LogP contribution < -0.4 is 0 Å². The van der Waals surface area contributed by atoms with Gasteiger partial charge in [0.25, 0.3) is 5.91 Å². The summed E-state index contributed by atoms with van der Waals surface area (Å²) in [6.07, 6.45) is 3.10. The molecule has 0 aliphatic carbocycles. The van der Waals surface area contributed by atoms with Gasteiger partial charge in [0, 0.05) is 6.54 Å². The van der Waals surface area contributed by atoms with Crippen molar-refractivity contribution in [2.45, 2.75) is 32.7 Å². The highest BCUT2D eigenvalue weighted by atomic mass is 32.1. The van der Waals surface area contributed by atoms with Crippen LogP contribution in [-0.4, -0.2) is 41.0 Å². The predicted octanol–water partition coefficient (Wildman–Crippen LogP) is 1.62. The van der Waals surface area contributed by atoms with Crippen molar-refractivity contribution in [3.63, 3.8) is 0 Å². The number of likely N-dealkylation sites (tertiary alicyclic amines) is 1. The molecule has 1 aliphatic heterocycles. The lowest BCUT2D eigenvalue weighted by Gasteiger charge is -2.22. The quantitative estimate of drug-likeness (QED) is 0.782. The molecule has 0 aromatic carbocycles. The number of ether oxygens (including phenoxy) is 1. The maximum atomic E-state index is 12.3. The highest BCUT2D eigenvalue weighted by Crippen LogP contribution is 2.23. The van der Waals surface area contributed by atoms with Crippen molar-refractivity contribution in [2.24, 2.45) is 0 Å². The van der Waals surface area contributed by atoms with Gasteiger partial charge in [-0.05, 0) is 26.7 Å². The van der Waals surface area contributed by atoms with Gasteiger partial charge in [-0.3, -0.25) is 4.79 Å². The maximum absolute atomic E-state index is 12.3. The first-order valence-electron chi connectivity index (χ1n) is 6.03. The Kier molecular flexibility index (Phi) is 3.96. The number of aryl methyl sites for hydroxylation is 1. The summed E-state index contributed by atoms with van der Waals surface area (Å²) in [6, 6.07) is -0.431. The Morgan fingerprint density at radius 1 is 1.61 bits per heavy atom. The van der Waals surface area contributed by atoms with E-state index < -0.39 is 6.04 Å². The number of esters is 1. The lowest BCUT2D eigenvalue weighted by Crippen LogP contribution is -2.41. The van der Waals surface area contributed by atoms with Gasteiger partial charge in [-0.1, -0.05) is 0 Å². The highest BCUT2D eigenvalue weighted by Gasteiger charge is 2.36. The molecule has 2 heterocycles. The SMILES string of the molecule is CCOC(=O)C1CCCN1C(=O)c1cnc(C)s1. The summed E-state index contributed by atoms with van der Waals surface area (Å²) in [4.78, 5) is 30.3. The Morgan fingerprint density at radius 3 is 3.00 bits per heavy atom. The largest absolute Gasteiger partial charge is 0.464 e. The molecule has 0 bridgehead atoms. The Labute approximate surface area is 110 Å². The number of hydrogen-bond acceptors (Lipinski definition) is 5. The van der Waals surface area contributed by atoms with E-state index in [9.17, 15) is 9.59 Å². The molecule has 0 saturated carbocycles. The third-order valence-electron chi connectivity index (χ3n) is 2.90. The zero-order valence-electron chi connectivity index (χ0n) is 10.5. The Hall–Kier alpha value is -1.43. The molecule has 98 valence electrons. The molecular formula is C12H16N2O3S. The first kappa shape index (κ1) is 13.0. The van der Waals surface area contributed by atoms with E-state index in [2.05, 4.69) is 4.98 Å². The Morgan fingerprint density at radius 2 is 2.39 bits per heavy atom. The molecule has 1 aromatic rings. The van der Waals surface area contributed by atoms with Crippen molar-refractivity contribution in [1.82, 2.24) is 9.88 Å². The van der Waals surface area contributed by atoms with Crippen LogP contribution in [0.15, 0.2) is 6.20 Å². The van der Waals surface area contributed by atoms with Crippen molar-refractivity contribution < 1.29 is 14.3 Å². The van der Waals surface area contributed by atoms with Crippen molar-refractivity contribution >= 4 is 23.2 Å². The summed E-state index contributed by atoms with van der Waals surface area (Å²) in [5, 5.41) is 0.852. The molecule has 1 aliphatic rings. The predicted molar refractivity (Wildman–Crippen MR) is 67.5 cm³/mol. The van der Waals surface area contributed by atoms with Crippen LogP contribution in [0.1, 0.15) is 34.4 Å². The Bertz CT molecular complexity index is 458. The van der Waals surface area contributed by atoms with Gasteiger partial charge in [0.15, 0.2) is 0 Å². The average molecular weight is 268 g/mol. The Balaban J connectivity index is 2.11. The number of aromatic nitrogens is 1. The van der Waals surface area contributed by atoms with Crippen LogP contribution in [0.25, 0.3) is 0 Å². The van der Waals surface area contributed by atoms with Gasteiger partial charge in [-0.25, -0.2) is 9.78 Å². The van der Waals surface area contributed by atoms with Crippen LogP contribution in [-0.2, 0) is 9.53 Å². The van der Waals surface area contributed by atoms with E-state index in [1.54, 1.807) is 18.0 Å². The van der Waals surface area contributed by atoms with Gasteiger partial charge in [-0.15, -0.1) is 11.3 Å². The standard InChI is InChI=1S/C12H16N2O3S/c1-3-17-12(16)9-5-4-6-14(9)11(15)10-7-13-8(2)18-10/h7,9H,3-6H2,1-2H3. The minimum Gasteiger partial charge on any atom is -0.464 e. The first-order valence-corrected chi connectivity index (χ1v) is 6.85. The van der Waals surface area contributed by atoms with E-state index in [4.69, 9.17) is 4.74 Å². The summed E-state index contributed by atoms with van der Waals surface area (Å²) in [5.74, 6) is -0.416. The number of nitrogens with zero attached hydrogens (tertiary/aromatic N) is 2. The molecule has 0 spiro atoms. The molecule has 5 nitrogen and oxygen atoms in total. The monoisotopic (exact) mass is 268 g/mol. The third kappa shape index (κ3) is 2.53. The second kappa shape index (κ2) is 5.48. The topological polar surface area (TPSA) is 59.5 Å². The van der Waals surface area contributed by atoms with E-state index in [0.717, 1.165) is 11.4 Å². The van der Waals surface area contributed by atoms with Crippen LogP contribution in [0.5, 0.6) is 0 Å². The van der Waals surface area contributed by atoms with E-state index in [-0.39, 0.29) is 11.9 Å². The van der Waals surface area contributed by atoms with E-state index in [1.165, 1.54) is 11.3 Å². The molecule has 18 heavy (non-hydrogen) atoms. The lowest BCUT2D eigenvalue weighted by molar-refractivity contribution is -0.147. The van der Waals surface area contributed by atoms with Gasteiger partial charge in [0.05, 0.1) is 17.8 Å². The van der Waals surface area contributed by atoms with Crippen LogP contribution >= 0.6 is 11.3 Å². The van der Waals surface area contributed by atoms with Crippen LogP contribution in [0.4, 0.5) is 0 Å². The van der Waals surface area contributed by atoms with Crippen LogP contribution in [0.3, 0.4) is 0 Å². The van der Waals surface area contributed by atoms with Gasteiger partial charge in [0.1, 0.15) is 10.9 Å². The summed E-state index contributed by atoms with van der Waals surface area (Å²) < 4.78 is 5.00. The molecule has 6 heteroatoms. The summed E-state index contributed by atoms with van der Waals surface area (Å²) in [6.45, 7) is 4.58. The number of carbonyl (C=O) groups excluding carboxylic acids is 2. The molecule has 1 saturated heterocycles. The molecule has 1 unspecified atom stereocenters. The van der Waals surface area contributed by atoms with E-state index in [1.807, 2.05) is 6.92 Å². The zero-order chi connectivity index (χ0) is 13.1. The minimum atomic E-state index is -0.431. The summed E-state index contributed by atoms with van der Waals surface area (Å²) >= 11 is 1.36. The van der Waals surface area contributed by atoms with Crippen LogP contribution in [0, 0.1) is 6.92 Å². The smallest absolute Gasteiger partial charge is 0.328 e. The van der Waals surface area contributed by atoms with Crippen LogP contribution in [0.2, 0.25) is 0 Å². The van der Waals surface area contributed by atoms with E-state index in [0.29, 0.717) is 24.4 Å². The second-order valence-corrected chi connectivity index (χ2v) is 5.39. The lowest BCUT2D eigenvalue weighted by atomic mass is 10.2. The fourth-order valence-corrected chi connectivity index (χ4v) is 2.83. The molecule has 1 atom stereocenters. The molecule has 0 N–H and O–H groups in total. The fraction of sp³-hybridized carbons (Fsp3) is 0.583. The molecule has 2 rings (SSSR count). The number of amides is 1. The van der Waals surface area contributed by atoms with Gasteiger partial charge in [0.2, 0.25) is 0 Å². The molecular weight excluding hydrogens is 252 g/mol. The van der Waals surface area contributed by atoms with Crippen molar-refractivity contribution in [1.29, 1.82) is 0 Å². The maximum Gasteiger partial charge on any atom is 0.328 e. The van der Waals surface area contributed by atoms with Crippen molar-refractivity contribution in [3.05, 3.63) is 16.1 Å². The average Bonchev–Trinajstić information content (AvgIpc) is 2.96. The fourth-order valence-electron chi connectivity index (χ4n) is 2.10. The van der Waals surface area contributed by atoms with E-state index >= 15 is 0 Å². The minimum absolute atomic E-state index is 0.115. The molecule has 0 radical (unpaired) electrons. The van der Waals surface area contributed by atoms with Crippen molar-refractivity contribution in [2.75, 3.05) is 13.2 Å². The number of thiazole rings is 1. The van der Waals surface area contributed by atoms with Gasteiger partial charge < -0.3 is 9.64 Å².